The first kappa shape index (κ1) is 25.4. The summed E-state index contributed by atoms with van der Waals surface area (Å²) in [7, 11) is 0. The van der Waals surface area contributed by atoms with Gasteiger partial charge in [0.1, 0.15) is 0 Å². The smallest absolute Gasteiger partial charge is 0.0720 e. The highest BCUT2D eigenvalue weighted by molar-refractivity contribution is 5.27. The molecule has 0 aromatic heterocycles. The van der Waals surface area contributed by atoms with Crippen LogP contribution in [0.15, 0.2) is 48.5 Å². The second kappa shape index (κ2) is 12.1. The van der Waals surface area contributed by atoms with Crippen LogP contribution in [0.5, 0.6) is 0 Å². The van der Waals surface area contributed by atoms with Gasteiger partial charge in [-0.15, -0.1) is 0 Å². The molecule has 0 fully saturated rings. The molecule has 0 saturated heterocycles. The largest absolute Gasteiger partial charge is 0.374 e. The molecule has 0 amide bonds. The van der Waals surface area contributed by atoms with E-state index in [2.05, 4.69) is 111 Å². The van der Waals surface area contributed by atoms with Crippen molar-refractivity contribution in [2.45, 2.75) is 99.1 Å². The molecule has 0 aliphatic heterocycles. The second-order valence-corrected chi connectivity index (χ2v) is 9.57. The van der Waals surface area contributed by atoms with E-state index in [-0.39, 0.29) is 5.41 Å². The van der Waals surface area contributed by atoms with Gasteiger partial charge in [-0.05, 0) is 61.3 Å². The van der Waals surface area contributed by atoms with E-state index in [1.54, 1.807) is 0 Å². The zero-order chi connectivity index (χ0) is 22.0. The van der Waals surface area contributed by atoms with Crippen LogP contribution in [0.2, 0.25) is 0 Å². The highest BCUT2D eigenvalue weighted by Gasteiger charge is 2.12. The number of hydrogen-bond donors (Lipinski definition) is 0. The summed E-state index contributed by atoms with van der Waals surface area (Å²) in [6, 6.07) is 17.3. The third kappa shape index (κ3) is 10.6. The Morgan fingerprint density at radius 3 is 1.66 bits per heavy atom. The minimum atomic E-state index is 0.234. The van der Waals surface area contributed by atoms with Crippen molar-refractivity contribution in [2.24, 2.45) is 0 Å². The molecular weight excluding hydrogens is 356 g/mol. The van der Waals surface area contributed by atoms with Crippen LogP contribution in [0.25, 0.3) is 0 Å². The third-order valence-corrected chi connectivity index (χ3v) is 4.60. The van der Waals surface area contributed by atoms with E-state index in [9.17, 15) is 0 Å². The first-order chi connectivity index (χ1) is 13.5. The lowest BCUT2D eigenvalue weighted by atomic mass is 9.87. The van der Waals surface area contributed by atoms with Crippen LogP contribution in [0.3, 0.4) is 0 Å². The van der Waals surface area contributed by atoms with Crippen molar-refractivity contribution in [3.8, 4) is 0 Å². The predicted octanol–water partition coefficient (Wildman–Crippen LogP) is 7.64. The third-order valence-electron chi connectivity index (χ3n) is 4.60. The van der Waals surface area contributed by atoms with Gasteiger partial charge in [-0.1, -0.05) is 83.1 Å². The lowest BCUT2D eigenvalue weighted by molar-refractivity contribution is 0.0655. The van der Waals surface area contributed by atoms with Crippen molar-refractivity contribution in [2.75, 3.05) is 0 Å². The van der Waals surface area contributed by atoms with Crippen LogP contribution in [0.4, 0.5) is 0 Å². The summed E-state index contributed by atoms with van der Waals surface area (Å²) in [4.78, 5) is 0. The molecule has 0 N–H and O–H groups in total. The summed E-state index contributed by atoms with van der Waals surface area (Å²) in [5, 5.41) is 0. The molecule has 0 bridgehead atoms. The molecule has 162 valence electrons. The Bertz CT molecular complexity index is 691. The van der Waals surface area contributed by atoms with Gasteiger partial charge < -0.3 is 9.47 Å². The summed E-state index contributed by atoms with van der Waals surface area (Å²) < 4.78 is 11.1. The molecule has 2 aromatic carbocycles. The minimum absolute atomic E-state index is 0.234. The van der Waals surface area contributed by atoms with E-state index in [4.69, 9.17) is 9.47 Å². The number of rotatable bonds is 7. The average Bonchev–Trinajstić information content (AvgIpc) is 2.65. The highest BCUT2D eigenvalue weighted by atomic mass is 16.5. The fourth-order valence-corrected chi connectivity index (χ4v) is 2.67. The fraction of sp³-hybridized carbons (Fsp3) is 0.556. The normalized spacial score (nSPS) is 11.7. The van der Waals surface area contributed by atoms with Gasteiger partial charge in [-0.25, -0.2) is 0 Å². The molecule has 0 spiro atoms. The molecule has 0 aliphatic rings. The van der Waals surface area contributed by atoms with E-state index in [1.807, 2.05) is 0 Å². The molecule has 2 heteroatoms. The van der Waals surface area contributed by atoms with Crippen molar-refractivity contribution >= 4 is 0 Å². The van der Waals surface area contributed by atoms with Crippen LogP contribution >= 0.6 is 0 Å². The van der Waals surface area contributed by atoms with Crippen molar-refractivity contribution in [1.82, 2.24) is 0 Å². The van der Waals surface area contributed by atoms with Gasteiger partial charge in [0.05, 0.1) is 25.4 Å². The van der Waals surface area contributed by atoms with E-state index in [1.165, 1.54) is 22.3 Å². The Morgan fingerprint density at radius 1 is 0.690 bits per heavy atom. The molecule has 0 radical (unpaired) electrons. The maximum absolute atomic E-state index is 5.56. The molecule has 2 aromatic rings. The number of hydrogen-bond acceptors (Lipinski definition) is 2. The minimum Gasteiger partial charge on any atom is -0.374 e. The lowest BCUT2D eigenvalue weighted by Gasteiger charge is -2.19. The van der Waals surface area contributed by atoms with Crippen LogP contribution in [0, 0.1) is 0 Å². The zero-order valence-corrected chi connectivity index (χ0v) is 20.1. The van der Waals surface area contributed by atoms with Crippen molar-refractivity contribution in [1.29, 1.82) is 0 Å². The molecule has 0 saturated carbocycles. The van der Waals surface area contributed by atoms with Gasteiger partial charge in [0.15, 0.2) is 0 Å². The summed E-state index contributed by atoms with van der Waals surface area (Å²) in [6.07, 6.45) is 0.602. The topological polar surface area (TPSA) is 18.5 Å². The van der Waals surface area contributed by atoms with Crippen molar-refractivity contribution < 1.29 is 9.47 Å². The van der Waals surface area contributed by atoms with Crippen LogP contribution in [-0.4, -0.2) is 12.2 Å². The Morgan fingerprint density at radius 2 is 1.21 bits per heavy atom. The molecule has 29 heavy (non-hydrogen) atoms. The monoisotopic (exact) mass is 398 g/mol. The molecular formula is C27H42O2. The summed E-state index contributed by atoms with van der Waals surface area (Å²) in [5.41, 5.74) is 5.50. The Hall–Kier alpha value is -1.64. The first-order valence-corrected chi connectivity index (χ1v) is 10.9. The molecule has 2 rings (SSSR count). The van der Waals surface area contributed by atoms with Gasteiger partial charge >= 0.3 is 0 Å². The van der Waals surface area contributed by atoms with Gasteiger partial charge in [0.25, 0.3) is 0 Å². The van der Waals surface area contributed by atoms with Gasteiger partial charge in [0, 0.05) is 0 Å². The van der Waals surface area contributed by atoms with E-state index < -0.39 is 0 Å². The van der Waals surface area contributed by atoms with Crippen molar-refractivity contribution in [3.63, 3.8) is 0 Å². The maximum atomic E-state index is 5.56. The lowest BCUT2D eigenvalue weighted by Crippen LogP contribution is -2.11. The Balaban J connectivity index is 0.000000291. The van der Waals surface area contributed by atoms with E-state index in [0.29, 0.717) is 24.7 Å². The van der Waals surface area contributed by atoms with Gasteiger partial charge in [-0.3, -0.25) is 0 Å². The van der Waals surface area contributed by atoms with Gasteiger partial charge in [0.2, 0.25) is 0 Å². The highest BCUT2D eigenvalue weighted by Crippen LogP contribution is 2.22. The predicted molar refractivity (Wildman–Crippen MR) is 126 cm³/mol. The van der Waals surface area contributed by atoms with E-state index in [0.717, 1.165) is 6.61 Å². The Kier molecular flexibility index (Phi) is 10.6. The number of benzene rings is 2. The summed E-state index contributed by atoms with van der Waals surface area (Å²) in [6.45, 7) is 20.8. The van der Waals surface area contributed by atoms with Crippen LogP contribution in [-0.2, 0) is 28.1 Å². The Labute approximate surface area is 179 Å². The maximum Gasteiger partial charge on any atom is 0.0720 e. The zero-order valence-electron chi connectivity index (χ0n) is 20.1. The fourth-order valence-electron chi connectivity index (χ4n) is 2.67. The van der Waals surface area contributed by atoms with E-state index >= 15 is 0 Å². The quantitative estimate of drug-likeness (QED) is 0.477. The van der Waals surface area contributed by atoms with Crippen molar-refractivity contribution in [3.05, 3.63) is 70.8 Å². The standard InChI is InChI=1S/C14H22O.C13H20O/c1-11(2)15-10-12-6-8-13(9-7-12)14(3,4)5;1-10(2)13-7-5-6-12(8-13)9-14-11(3)4/h6-9,11H,10H2,1-5H3;5-8,10-11H,9H2,1-4H3. The molecule has 0 atom stereocenters. The summed E-state index contributed by atoms with van der Waals surface area (Å²) >= 11 is 0. The molecule has 2 nitrogen and oxygen atoms in total. The molecule has 0 unspecified atom stereocenters. The van der Waals surface area contributed by atoms with Crippen LogP contribution < -0.4 is 0 Å². The average molecular weight is 399 g/mol. The first-order valence-electron chi connectivity index (χ1n) is 10.9. The second-order valence-electron chi connectivity index (χ2n) is 9.57. The summed E-state index contributed by atoms with van der Waals surface area (Å²) in [5.74, 6) is 0.592. The SMILES string of the molecule is CC(C)OCc1ccc(C(C)(C)C)cc1.CC(C)OCc1cccc(C(C)C)c1. The van der Waals surface area contributed by atoms with Crippen LogP contribution in [0.1, 0.15) is 90.5 Å². The number of ether oxygens (including phenoxy) is 2. The molecule has 0 heterocycles. The van der Waals surface area contributed by atoms with Gasteiger partial charge in [-0.2, -0.15) is 0 Å². The molecule has 0 aliphatic carbocycles.